The summed E-state index contributed by atoms with van der Waals surface area (Å²) in [7, 11) is 0. The lowest BCUT2D eigenvalue weighted by Gasteiger charge is -2.16. The van der Waals surface area contributed by atoms with Crippen LogP contribution < -0.4 is 5.36 Å². The summed E-state index contributed by atoms with van der Waals surface area (Å²) in [5.74, 6) is 0.742. The third kappa shape index (κ3) is 4.45. The molecular weight excluding hydrogens is 348 g/mol. The molecule has 0 saturated heterocycles. The van der Waals surface area contributed by atoms with Crippen molar-refractivity contribution in [2.24, 2.45) is 5.16 Å². The van der Waals surface area contributed by atoms with Gasteiger partial charge in [-0.2, -0.15) is 0 Å². The van der Waals surface area contributed by atoms with Gasteiger partial charge in [-0.25, -0.2) is 0 Å². The minimum Gasteiger partial charge on any atom is -0.456 e. The Morgan fingerprint density at radius 3 is 2.54 bits per heavy atom. The second-order valence-electron chi connectivity index (χ2n) is 5.95. The summed E-state index contributed by atoms with van der Waals surface area (Å²) in [6, 6.07) is 17.4. The molecule has 0 fully saturated rings. The maximum absolute atomic E-state index is 6.16. The van der Waals surface area contributed by atoms with E-state index in [2.05, 4.69) is 23.9 Å². The van der Waals surface area contributed by atoms with E-state index in [1.165, 1.54) is 0 Å². The Morgan fingerprint density at radius 1 is 1.04 bits per heavy atom. The second-order valence-corrected chi connectivity index (χ2v) is 6.39. The predicted molar refractivity (Wildman–Crippen MR) is 106 cm³/mol. The molecular formula is C21H23ClN2O2. The van der Waals surface area contributed by atoms with Crippen LogP contribution in [0.25, 0.3) is 22.3 Å². The van der Waals surface area contributed by atoms with Gasteiger partial charge in [-0.15, -0.1) is 0 Å². The van der Waals surface area contributed by atoms with E-state index < -0.39 is 0 Å². The van der Waals surface area contributed by atoms with Crippen LogP contribution in [0.4, 0.5) is 0 Å². The first-order valence-corrected chi connectivity index (χ1v) is 9.26. The Balaban J connectivity index is 1.96. The van der Waals surface area contributed by atoms with Crippen molar-refractivity contribution >= 4 is 22.6 Å². The van der Waals surface area contributed by atoms with E-state index >= 15 is 0 Å². The summed E-state index contributed by atoms with van der Waals surface area (Å²) in [5.41, 5.74) is 1.71. The summed E-state index contributed by atoms with van der Waals surface area (Å²) in [4.78, 5) is 7.88. The van der Waals surface area contributed by atoms with E-state index in [4.69, 9.17) is 20.9 Å². The monoisotopic (exact) mass is 370 g/mol. The van der Waals surface area contributed by atoms with Gasteiger partial charge in [0.25, 0.3) is 0 Å². The third-order valence-corrected chi connectivity index (χ3v) is 4.55. The van der Waals surface area contributed by atoms with Crippen molar-refractivity contribution in [3.63, 3.8) is 0 Å². The zero-order chi connectivity index (χ0) is 18.4. The van der Waals surface area contributed by atoms with Crippen LogP contribution in [0.1, 0.15) is 13.8 Å². The Kier molecular flexibility index (Phi) is 6.31. The highest BCUT2D eigenvalue weighted by Crippen LogP contribution is 2.23. The second kappa shape index (κ2) is 8.88. The predicted octanol–water partition coefficient (Wildman–Crippen LogP) is 4.93. The van der Waals surface area contributed by atoms with Gasteiger partial charge < -0.3 is 14.2 Å². The smallest absolute Gasteiger partial charge is 0.137 e. The first-order chi connectivity index (χ1) is 12.7. The molecule has 0 amide bonds. The SMILES string of the molecule is CCN(CC)CCO/N=c1\cc(-c2ccccc2)oc2ccc(Cl)cc12. The fraction of sp³-hybridized carbons (Fsp3) is 0.286. The summed E-state index contributed by atoms with van der Waals surface area (Å²) in [6.07, 6.45) is 0. The van der Waals surface area contributed by atoms with Crippen LogP contribution in [0.3, 0.4) is 0 Å². The van der Waals surface area contributed by atoms with Crippen LogP contribution in [0, 0.1) is 0 Å². The molecule has 1 heterocycles. The minimum absolute atomic E-state index is 0.538. The van der Waals surface area contributed by atoms with Crippen LogP contribution in [0.2, 0.25) is 5.02 Å². The number of halogens is 1. The van der Waals surface area contributed by atoms with E-state index in [0.717, 1.165) is 41.9 Å². The van der Waals surface area contributed by atoms with Crippen LogP contribution in [-0.2, 0) is 4.84 Å². The zero-order valence-electron chi connectivity index (χ0n) is 15.1. The highest BCUT2D eigenvalue weighted by molar-refractivity contribution is 6.31. The zero-order valence-corrected chi connectivity index (χ0v) is 15.9. The largest absolute Gasteiger partial charge is 0.456 e. The van der Waals surface area contributed by atoms with Crippen molar-refractivity contribution in [3.8, 4) is 11.3 Å². The fourth-order valence-corrected chi connectivity index (χ4v) is 2.96. The lowest BCUT2D eigenvalue weighted by atomic mass is 10.1. The molecule has 0 aliphatic rings. The number of rotatable bonds is 7. The Labute approximate surface area is 158 Å². The van der Waals surface area contributed by atoms with E-state index in [-0.39, 0.29) is 0 Å². The first kappa shape index (κ1) is 18.5. The van der Waals surface area contributed by atoms with Crippen LogP contribution in [0.5, 0.6) is 0 Å². The number of benzene rings is 2. The number of likely N-dealkylation sites (N-methyl/N-ethyl adjacent to an activating group) is 1. The molecule has 3 rings (SSSR count). The Bertz CT molecular complexity index is 918. The molecule has 0 aliphatic carbocycles. The fourth-order valence-electron chi connectivity index (χ4n) is 2.79. The van der Waals surface area contributed by atoms with Gasteiger partial charge in [0.1, 0.15) is 23.3 Å². The Hall–Kier alpha value is -2.30. The van der Waals surface area contributed by atoms with E-state index in [0.29, 0.717) is 17.0 Å². The molecule has 2 aromatic carbocycles. The van der Waals surface area contributed by atoms with Crippen molar-refractivity contribution < 1.29 is 9.25 Å². The minimum atomic E-state index is 0.538. The van der Waals surface area contributed by atoms with E-state index in [1.54, 1.807) is 0 Å². The van der Waals surface area contributed by atoms with Crippen LogP contribution in [-0.4, -0.2) is 31.1 Å². The number of nitrogens with zero attached hydrogens (tertiary/aromatic N) is 2. The van der Waals surface area contributed by atoms with Gasteiger partial charge in [-0.05, 0) is 31.3 Å². The molecule has 136 valence electrons. The summed E-state index contributed by atoms with van der Waals surface area (Å²) < 4.78 is 6.04. The number of hydrogen-bond donors (Lipinski definition) is 0. The van der Waals surface area contributed by atoms with E-state index in [1.807, 2.05) is 54.6 Å². The van der Waals surface area contributed by atoms with Gasteiger partial charge in [-0.3, -0.25) is 0 Å². The van der Waals surface area contributed by atoms with Crippen molar-refractivity contribution in [1.29, 1.82) is 0 Å². The van der Waals surface area contributed by atoms with Gasteiger partial charge in [0.15, 0.2) is 0 Å². The Morgan fingerprint density at radius 2 is 1.81 bits per heavy atom. The average molecular weight is 371 g/mol. The van der Waals surface area contributed by atoms with Gasteiger partial charge in [0.05, 0.1) is 0 Å². The molecule has 0 aliphatic heterocycles. The first-order valence-electron chi connectivity index (χ1n) is 8.88. The maximum atomic E-state index is 6.16. The molecule has 0 spiro atoms. The molecule has 0 atom stereocenters. The van der Waals surface area contributed by atoms with E-state index in [9.17, 15) is 0 Å². The molecule has 0 unspecified atom stereocenters. The number of hydrogen-bond acceptors (Lipinski definition) is 4. The number of fused-ring (bicyclic) bond motifs is 1. The van der Waals surface area contributed by atoms with Gasteiger partial charge >= 0.3 is 0 Å². The van der Waals surface area contributed by atoms with Crippen molar-refractivity contribution in [2.75, 3.05) is 26.2 Å². The standard InChI is InChI=1S/C21H23ClN2O2/c1-3-24(4-2)12-13-25-23-19-15-21(16-8-6-5-7-9-16)26-20-11-10-17(22)14-18(19)20/h5-11,14-15H,3-4,12-13H2,1-2H3/b23-19+. The summed E-state index contributed by atoms with van der Waals surface area (Å²) in [5, 5.41) is 6.54. The lowest BCUT2D eigenvalue weighted by molar-refractivity contribution is 0.106. The normalized spacial score (nSPS) is 12.1. The van der Waals surface area contributed by atoms with Crippen molar-refractivity contribution in [2.45, 2.75) is 13.8 Å². The van der Waals surface area contributed by atoms with Crippen LogP contribution in [0.15, 0.2) is 64.2 Å². The third-order valence-electron chi connectivity index (χ3n) is 4.32. The molecule has 1 aromatic heterocycles. The summed E-state index contributed by atoms with van der Waals surface area (Å²) >= 11 is 6.16. The molecule has 0 bridgehead atoms. The van der Waals surface area contributed by atoms with Gasteiger partial charge in [-0.1, -0.05) is 60.9 Å². The van der Waals surface area contributed by atoms with Gasteiger partial charge in [0, 0.05) is 28.6 Å². The highest BCUT2D eigenvalue weighted by atomic mass is 35.5. The molecule has 3 aromatic rings. The molecule has 26 heavy (non-hydrogen) atoms. The topological polar surface area (TPSA) is 38.0 Å². The molecule has 4 nitrogen and oxygen atoms in total. The molecule has 0 N–H and O–H groups in total. The maximum Gasteiger partial charge on any atom is 0.137 e. The van der Waals surface area contributed by atoms with Crippen molar-refractivity contribution in [1.82, 2.24) is 4.90 Å². The highest BCUT2D eigenvalue weighted by Gasteiger charge is 2.07. The average Bonchev–Trinajstić information content (AvgIpc) is 2.68. The molecule has 5 heteroatoms. The summed E-state index contributed by atoms with van der Waals surface area (Å²) in [6.45, 7) is 7.66. The van der Waals surface area contributed by atoms with Crippen LogP contribution >= 0.6 is 11.6 Å². The lowest BCUT2D eigenvalue weighted by Crippen LogP contribution is -2.26. The van der Waals surface area contributed by atoms with Crippen molar-refractivity contribution in [3.05, 3.63) is 65.0 Å². The van der Waals surface area contributed by atoms with Gasteiger partial charge in [0.2, 0.25) is 0 Å². The molecule has 0 radical (unpaired) electrons. The quantitative estimate of drug-likeness (QED) is 0.437. The molecule has 0 saturated carbocycles.